The van der Waals surface area contributed by atoms with Crippen molar-refractivity contribution in [2.24, 2.45) is 0 Å². The second kappa shape index (κ2) is 9.35. The van der Waals surface area contributed by atoms with Crippen LogP contribution >= 0.6 is 11.6 Å². The predicted molar refractivity (Wildman–Crippen MR) is 84.8 cm³/mol. The third kappa shape index (κ3) is 6.42. The lowest BCUT2D eigenvalue weighted by molar-refractivity contribution is 0.243. The summed E-state index contributed by atoms with van der Waals surface area (Å²) in [7, 11) is 2.15. The number of likely N-dealkylation sites (N-methyl/N-ethyl adjacent to an activating group) is 1. The first kappa shape index (κ1) is 16.5. The van der Waals surface area contributed by atoms with Crippen molar-refractivity contribution >= 4 is 11.6 Å². The third-order valence-electron chi connectivity index (χ3n) is 3.53. The molecule has 1 aromatic carbocycles. The van der Waals surface area contributed by atoms with Crippen LogP contribution in [0.4, 0.5) is 0 Å². The van der Waals surface area contributed by atoms with Crippen molar-refractivity contribution in [3.8, 4) is 0 Å². The molecule has 0 heterocycles. The van der Waals surface area contributed by atoms with Crippen LogP contribution in [0.5, 0.6) is 0 Å². The fraction of sp³-hybridized carbons (Fsp3) is 0.625. The number of unbranched alkanes of at least 4 members (excludes halogenated alkanes) is 2. The highest BCUT2D eigenvalue weighted by Crippen LogP contribution is 2.17. The molecule has 0 spiro atoms. The summed E-state index contributed by atoms with van der Waals surface area (Å²) in [6, 6.07) is 8.59. The van der Waals surface area contributed by atoms with Gasteiger partial charge in [-0.2, -0.15) is 0 Å². The van der Waals surface area contributed by atoms with Crippen molar-refractivity contribution < 1.29 is 0 Å². The molecule has 0 aromatic heterocycles. The van der Waals surface area contributed by atoms with E-state index in [1.807, 2.05) is 18.2 Å². The molecule has 1 N–H and O–H groups in total. The quantitative estimate of drug-likeness (QED) is 0.690. The molecule has 1 aromatic rings. The minimum absolute atomic E-state index is 0.512. The van der Waals surface area contributed by atoms with Crippen LogP contribution in [0.2, 0.25) is 5.02 Å². The second-order valence-electron chi connectivity index (χ2n) is 5.27. The van der Waals surface area contributed by atoms with Gasteiger partial charge in [0.05, 0.1) is 0 Å². The molecule has 0 saturated heterocycles. The van der Waals surface area contributed by atoms with Crippen molar-refractivity contribution in [1.82, 2.24) is 10.2 Å². The highest BCUT2D eigenvalue weighted by molar-refractivity contribution is 6.31. The smallest absolute Gasteiger partial charge is 0.0451 e. The van der Waals surface area contributed by atoms with Crippen LogP contribution in [0, 0.1) is 0 Å². The molecule has 108 valence electrons. The third-order valence-corrected chi connectivity index (χ3v) is 3.90. The van der Waals surface area contributed by atoms with Crippen LogP contribution in [0.15, 0.2) is 24.3 Å². The van der Waals surface area contributed by atoms with Crippen molar-refractivity contribution in [2.45, 2.75) is 45.7 Å². The Morgan fingerprint density at radius 3 is 2.68 bits per heavy atom. The van der Waals surface area contributed by atoms with E-state index in [1.165, 1.54) is 24.8 Å². The molecule has 0 radical (unpaired) electrons. The minimum atomic E-state index is 0.512. The lowest BCUT2D eigenvalue weighted by Crippen LogP contribution is -2.37. The molecule has 1 rings (SSSR count). The molecule has 3 heteroatoms. The molecule has 0 amide bonds. The second-order valence-corrected chi connectivity index (χ2v) is 5.67. The van der Waals surface area contributed by atoms with Gasteiger partial charge in [-0.25, -0.2) is 0 Å². The SMILES string of the molecule is CCCCCNCC(C)N(C)Cc1ccccc1Cl. The van der Waals surface area contributed by atoms with E-state index in [1.54, 1.807) is 0 Å². The number of rotatable bonds is 9. The molecule has 0 fully saturated rings. The molecule has 2 nitrogen and oxygen atoms in total. The molecular weight excluding hydrogens is 256 g/mol. The van der Waals surface area contributed by atoms with E-state index in [0.29, 0.717) is 6.04 Å². The zero-order chi connectivity index (χ0) is 14.1. The van der Waals surface area contributed by atoms with Gasteiger partial charge in [-0.05, 0) is 38.6 Å². The van der Waals surface area contributed by atoms with Gasteiger partial charge in [0, 0.05) is 24.2 Å². The fourth-order valence-electron chi connectivity index (χ4n) is 2.02. The maximum Gasteiger partial charge on any atom is 0.0451 e. The van der Waals surface area contributed by atoms with E-state index in [0.717, 1.165) is 24.7 Å². The van der Waals surface area contributed by atoms with Crippen molar-refractivity contribution in [1.29, 1.82) is 0 Å². The van der Waals surface area contributed by atoms with Crippen LogP contribution in [0.25, 0.3) is 0 Å². The van der Waals surface area contributed by atoms with Crippen LogP contribution < -0.4 is 5.32 Å². The zero-order valence-corrected chi connectivity index (χ0v) is 13.2. The zero-order valence-electron chi connectivity index (χ0n) is 12.5. The van der Waals surface area contributed by atoms with Crippen LogP contribution in [-0.4, -0.2) is 31.1 Å². The number of nitrogens with one attached hydrogen (secondary N) is 1. The van der Waals surface area contributed by atoms with Crippen LogP contribution in [0.1, 0.15) is 38.7 Å². The average molecular weight is 283 g/mol. The number of hydrogen-bond acceptors (Lipinski definition) is 2. The van der Waals surface area contributed by atoms with Gasteiger partial charge in [0.1, 0.15) is 0 Å². The van der Waals surface area contributed by atoms with Gasteiger partial charge in [-0.1, -0.05) is 49.6 Å². The summed E-state index contributed by atoms with van der Waals surface area (Å²) in [4.78, 5) is 2.34. The standard InChI is InChI=1S/C16H27ClN2/c1-4-5-8-11-18-12-14(2)19(3)13-15-9-6-7-10-16(15)17/h6-7,9-10,14,18H,4-5,8,11-13H2,1-3H3. The number of nitrogens with zero attached hydrogens (tertiary/aromatic N) is 1. The largest absolute Gasteiger partial charge is 0.315 e. The van der Waals surface area contributed by atoms with Gasteiger partial charge in [-0.15, -0.1) is 0 Å². The highest BCUT2D eigenvalue weighted by Gasteiger charge is 2.10. The van der Waals surface area contributed by atoms with Crippen molar-refractivity contribution in [3.05, 3.63) is 34.9 Å². The topological polar surface area (TPSA) is 15.3 Å². The summed E-state index contributed by atoms with van der Waals surface area (Å²) in [6.07, 6.45) is 3.87. The summed E-state index contributed by atoms with van der Waals surface area (Å²) in [5, 5.41) is 4.39. The Balaban J connectivity index is 2.28. The Bertz CT molecular complexity index is 354. The first-order valence-electron chi connectivity index (χ1n) is 7.29. The van der Waals surface area contributed by atoms with E-state index >= 15 is 0 Å². The predicted octanol–water partition coefficient (Wildman–Crippen LogP) is 3.94. The minimum Gasteiger partial charge on any atom is -0.315 e. The fourth-order valence-corrected chi connectivity index (χ4v) is 2.21. The van der Waals surface area contributed by atoms with Gasteiger partial charge in [0.2, 0.25) is 0 Å². The molecule has 1 atom stereocenters. The summed E-state index contributed by atoms with van der Waals surface area (Å²) in [6.45, 7) is 7.55. The normalized spacial score (nSPS) is 12.9. The van der Waals surface area contributed by atoms with E-state index in [9.17, 15) is 0 Å². The van der Waals surface area contributed by atoms with E-state index in [4.69, 9.17) is 11.6 Å². The number of hydrogen-bond donors (Lipinski definition) is 1. The van der Waals surface area contributed by atoms with Gasteiger partial charge in [0.25, 0.3) is 0 Å². The molecule has 0 bridgehead atoms. The van der Waals surface area contributed by atoms with Crippen molar-refractivity contribution in [2.75, 3.05) is 20.1 Å². The van der Waals surface area contributed by atoms with Crippen LogP contribution in [0.3, 0.4) is 0 Å². The number of halogens is 1. The molecule has 0 aliphatic carbocycles. The first-order chi connectivity index (χ1) is 9.15. The van der Waals surface area contributed by atoms with E-state index in [2.05, 4.69) is 37.2 Å². The summed E-state index contributed by atoms with van der Waals surface area (Å²) in [5.41, 5.74) is 1.20. The Morgan fingerprint density at radius 2 is 2.00 bits per heavy atom. The van der Waals surface area contributed by atoms with Gasteiger partial charge in [0.15, 0.2) is 0 Å². The van der Waals surface area contributed by atoms with Gasteiger partial charge >= 0.3 is 0 Å². The maximum absolute atomic E-state index is 6.19. The van der Waals surface area contributed by atoms with Crippen LogP contribution in [-0.2, 0) is 6.54 Å². The molecule has 19 heavy (non-hydrogen) atoms. The Kier molecular flexibility index (Phi) is 8.11. The average Bonchev–Trinajstić information content (AvgIpc) is 2.41. The summed E-state index contributed by atoms with van der Waals surface area (Å²) in [5.74, 6) is 0. The number of benzene rings is 1. The lowest BCUT2D eigenvalue weighted by atomic mass is 10.2. The molecule has 1 unspecified atom stereocenters. The molecule has 0 aliphatic heterocycles. The van der Waals surface area contributed by atoms with Crippen molar-refractivity contribution in [3.63, 3.8) is 0 Å². The Morgan fingerprint density at radius 1 is 1.26 bits per heavy atom. The van der Waals surface area contributed by atoms with Gasteiger partial charge in [-0.3, -0.25) is 4.90 Å². The Hall–Kier alpha value is -0.570. The molecule has 0 aliphatic rings. The lowest BCUT2D eigenvalue weighted by Gasteiger charge is -2.25. The summed E-state index contributed by atoms with van der Waals surface area (Å²) >= 11 is 6.19. The Labute approximate surface area is 123 Å². The molecular formula is C16H27ClN2. The monoisotopic (exact) mass is 282 g/mol. The first-order valence-corrected chi connectivity index (χ1v) is 7.67. The summed E-state index contributed by atoms with van der Waals surface area (Å²) < 4.78 is 0. The van der Waals surface area contributed by atoms with E-state index < -0.39 is 0 Å². The maximum atomic E-state index is 6.19. The van der Waals surface area contributed by atoms with Gasteiger partial charge < -0.3 is 5.32 Å². The highest BCUT2D eigenvalue weighted by atomic mass is 35.5. The molecule has 0 saturated carbocycles. The van der Waals surface area contributed by atoms with E-state index in [-0.39, 0.29) is 0 Å².